The summed E-state index contributed by atoms with van der Waals surface area (Å²) >= 11 is 0. The summed E-state index contributed by atoms with van der Waals surface area (Å²) < 4.78 is 0. The Morgan fingerprint density at radius 3 is 2.25 bits per heavy atom. The van der Waals surface area contributed by atoms with Gasteiger partial charge in [-0.15, -0.1) is 0 Å². The van der Waals surface area contributed by atoms with Crippen molar-refractivity contribution in [3.05, 3.63) is 75.3 Å². The summed E-state index contributed by atoms with van der Waals surface area (Å²) in [4.78, 5) is 35.5. The second-order valence-electron chi connectivity index (χ2n) is 5.39. The van der Waals surface area contributed by atoms with Gasteiger partial charge in [-0.3, -0.25) is 19.7 Å². The van der Waals surface area contributed by atoms with Crippen LogP contribution in [-0.4, -0.2) is 28.7 Å². The smallest absolute Gasteiger partial charge is 0.269 e. The van der Waals surface area contributed by atoms with E-state index in [2.05, 4.69) is 0 Å². The molecule has 0 aromatic heterocycles. The minimum Gasteiger partial charge on any atom is -0.366 e. The van der Waals surface area contributed by atoms with Gasteiger partial charge in [0.1, 0.15) is 0 Å². The average Bonchev–Trinajstić information content (AvgIpc) is 2.60. The van der Waals surface area contributed by atoms with Crippen molar-refractivity contribution in [2.45, 2.75) is 13.0 Å². The molecule has 0 aliphatic heterocycles. The maximum absolute atomic E-state index is 12.5. The minimum absolute atomic E-state index is 0.0222. The van der Waals surface area contributed by atoms with Gasteiger partial charge in [0.05, 0.1) is 11.0 Å². The number of hydrogen-bond donors (Lipinski definition) is 1. The molecule has 2 N–H and O–H groups in total. The summed E-state index contributed by atoms with van der Waals surface area (Å²) in [6.07, 6.45) is 0. The summed E-state index contributed by atoms with van der Waals surface area (Å²) in [5.74, 6) is -0.822. The number of rotatable bonds is 5. The number of nitro groups is 1. The quantitative estimate of drug-likeness (QED) is 0.672. The first-order valence-electron chi connectivity index (χ1n) is 7.22. The first-order valence-corrected chi connectivity index (χ1v) is 7.22. The van der Waals surface area contributed by atoms with Gasteiger partial charge >= 0.3 is 0 Å². The molecule has 0 saturated carbocycles. The summed E-state index contributed by atoms with van der Waals surface area (Å²) in [5.41, 5.74) is 6.53. The van der Waals surface area contributed by atoms with Gasteiger partial charge < -0.3 is 10.6 Å². The summed E-state index contributed by atoms with van der Waals surface area (Å²) in [6.45, 7) is 1.79. The van der Waals surface area contributed by atoms with Crippen LogP contribution in [-0.2, 0) is 0 Å². The highest BCUT2D eigenvalue weighted by molar-refractivity contribution is 5.97. The van der Waals surface area contributed by atoms with E-state index in [9.17, 15) is 19.7 Å². The predicted molar refractivity (Wildman–Crippen MR) is 88.6 cm³/mol. The number of amides is 2. The lowest BCUT2D eigenvalue weighted by Gasteiger charge is -2.25. The van der Waals surface area contributed by atoms with Crippen LogP contribution in [0.4, 0.5) is 5.69 Å². The Morgan fingerprint density at radius 2 is 1.71 bits per heavy atom. The van der Waals surface area contributed by atoms with Gasteiger partial charge in [0.25, 0.3) is 11.6 Å². The van der Waals surface area contributed by atoms with Crippen LogP contribution in [0, 0.1) is 10.1 Å². The summed E-state index contributed by atoms with van der Waals surface area (Å²) in [5, 5.41) is 10.9. The van der Waals surface area contributed by atoms with Crippen molar-refractivity contribution in [2.24, 2.45) is 5.73 Å². The molecule has 0 heterocycles. The van der Waals surface area contributed by atoms with Crippen molar-refractivity contribution in [1.29, 1.82) is 0 Å². The number of carbonyl (C=O) groups is 2. The molecule has 2 amide bonds. The van der Waals surface area contributed by atoms with E-state index in [1.54, 1.807) is 26.1 Å². The van der Waals surface area contributed by atoms with Crippen molar-refractivity contribution in [1.82, 2.24) is 4.90 Å². The SMILES string of the molecule is CC(c1cccc([N+](=O)[O-])c1)N(C)C(=O)c1ccc(C(N)=O)cc1. The first kappa shape index (κ1) is 17.1. The second-order valence-corrected chi connectivity index (χ2v) is 5.39. The Balaban J connectivity index is 2.21. The Bertz CT molecular complexity index is 787. The fourth-order valence-corrected chi connectivity index (χ4v) is 2.28. The Hall–Kier alpha value is -3.22. The van der Waals surface area contributed by atoms with Crippen LogP contribution in [0.3, 0.4) is 0 Å². The first-order chi connectivity index (χ1) is 11.3. The molecule has 0 fully saturated rings. The van der Waals surface area contributed by atoms with E-state index >= 15 is 0 Å². The maximum atomic E-state index is 12.5. The standard InChI is InChI=1S/C17H17N3O4/c1-11(14-4-3-5-15(10-14)20(23)24)19(2)17(22)13-8-6-12(7-9-13)16(18)21/h3-11H,1-2H3,(H2,18,21). The van der Waals surface area contributed by atoms with Gasteiger partial charge in [0, 0.05) is 30.3 Å². The molecule has 7 nitrogen and oxygen atoms in total. The van der Waals surface area contributed by atoms with E-state index in [1.165, 1.54) is 41.3 Å². The zero-order chi connectivity index (χ0) is 17.9. The molecule has 1 unspecified atom stereocenters. The fourth-order valence-electron chi connectivity index (χ4n) is 2.28. The molecule has 124 valence electrons. The van der Waals surface area contributed by atoms with Crippen LogP contribution >= 0.6 is 0 Å². The van der Waals surface area contributed by atoms with Crippen LogP contribution in [0.15, 0.2) is 48.5 Å². The van der Waals surface area contributed by atoms with Crippen LogP contribution in [0.1, 0.15) is 39.2 Å². The number of non-ortho nitro benzene ring substituents is 1. The number of nitrogens with two attached hydrogens (primary N) is 1. The van der Waals surface area contributed by atoms with E-state index in [1.807, 2.05) is 0 Å². The minimum atomic E-state index is -0.563. The summed E-state index contributed by atoms with van der Waals surface area (Å²) in [7, 11) is 1.62. The molecule has 2 aromatic carbocycles. The van der Waals surface area contributed by atoms with Gasteiger partial charge in [-0.25, -0.2) is 0 Å². The van der Waals surface area contributed by atoms with Gasteiger partial charge in [0.2, 0.25) is 5.91 Å². The van der Waals surface area contributed by atoms with E-state index in [0.717, 1.165) is 0 Å². The second kappa shape index (κ2) is 6.91. The fraction of sp³-hybridized carbons (Fsp3) is 0.176. The van der Waals surface area contributed by atoms with Crippen LogP contribution in [0.2, 0.25) is 0 Å². The van der Waals surface area contributed by atoms with Crippen molar-refractivity contribution in [2.75, 3.05) is 7.05 Å². The van der Waals surface area contributed by atoms with Crippen molar-refractivity contribution >= 4 is 17.5 Å². The van der Waals surface area contributed by atoms with Crippen molar-refractivity contribution in [3.8, 4) is 0 Å². The largest absolute Gasteiger partial charge is 0.366 e. The molecule has 2 rings (SSSR count). The maximum Gasteiger partial charge on any atom is 0.269 e. The van der Waals surface area contributed by atoms with Crippen molar-refractivity contribution < 1.29 is 14.5 Å². The number of hydrogen-bond acceptors (Lipinski definition) is 4. The highest BCUT2D eigenvalue weighted by Crippen LogP contribution is 2.24. The molecule has 0 aliphatic carbocycles. The molecule has 0 aliphatic rings. The van der Waals surface area contributed by atoms with E-state index in [-0.39, 0.29) is 17.6 Å². The Morgan fingerprint density at radius 1 is 1.12 bits per heavy atom. The zero-order valence-corrected chi connectivity index (χ0v) is 13.3. The normalized spacial score (nSPS) is 11.6. The van der Waals surface area contributed by atoms with E-state index in [0.29, 0.717) is 16.7 Å². The molecule has 0 saturated heterocycles. The van der Waals surface area contributed by atoms with Crippen molar-refractivity contribution in [3.63, 3.8) is 0 Å². The highest BCUT2D eigenvalue weighted by atomic mass is 16.6. The lowest BCUT2D eigenvalue weighted by atomic mass is 10.0. The third-order valence-corrected chi connectivity index (χ3v) is 3.88. The predicted octanol–water partition coefficient (Wildman–Crippen LogP) is 2.53. The molecule has 7 heteroatoms. The molecule has 24 heavy (non-hydrogen) atoms. The van der Waals surface area contributed by atoms with Crippen LogP contribution in [0.5, 0.6) is 0 Å². The highest BCUT2D eigenvalue weighted by Gasteiger charge is 2.20. The van der Waals surface area contributed by atoms with Gasteiger partial charge in [-0.1, -0.05) is 12.1 Å². The third kappa shape index (κ3) is 3.57. The lowest BCUT2D eigenvalue weighted by molar-refractivity contribution is -0.384. The number of nitrogens with zero attached hydrogens (tertiary/aromatic N) is 2. The number of carbonyl (C=O) groups excluding carboxylic acids is 2. The van der Waals surface area contributed by atoms with Gasteiger partial charge in [0.15, 0.2) is 0 Å². The molecular weight excluding hydrogens is 310 g/mol. The Labute approximate surface area is 138 Å². The molecule has 0 bridgehead atoms. The molecule has 0 spiro atoms. The Kier molecular flexibility index (Phi) is 4.93. The molecular formula is C17H17N3O4. The number of primary amides is 1. The number of nitro benzene ring substituents is 1. The number of benzene rings is 2. The van der Waals surface area contributed by atoms with E-state index in [4.69, 9.17) is 5.73 Å². The third-order valence-electron chi connectivity index (χ3n) is 3.88. The lowest BCUT2D eigenvalue weighted by Crippen LogP contribution is -2.29. The van der Waals surface area contributed by atoms with Gasteiger partial charge in [-0.05, 0) is 36.8 Å². The van der Waals surface area contributed by atoms with Crippen LogP contribution < -0.4 is 5.73 Å². The molecule has 1 atom stereocenters. The topological polar surface area (TPSA) is 107 Å². The molecule has 0 radical (unpaired) electrons. The monoisotopic (exact) mass is 327 g/mol. The van der Waals surface area contributed by atoms with E-state index < -0.39 is 10.8 Å². The summed E-state index contributed by atoms with van der Waals surface area (Å²) in [6, 6.07) is 11.8. The van der Waals surface area contributed by atoms with Crippen LogP contribution in [0.25, 0.3) is 0 Å². The average molecular weight is 327 g/mol. The zero-order valence-electron chi connectivity index (χ0n) is 13.3. The van der Waals surface area contributed by atoms with Gasteiger partial charge in [-0.2, -0.15) is 0 Å². The molecule has 2 aromatic rings.